The first-order valence-corrected chi connectivity index (χ1v) is 5.90. The van der Waals surface area contributed by atoms with E-state index < -0.39 is 5.97 Å². The molecule has 82 valence electrons. The second-order valence-corrected chi connectivity index (χ2v) is 4.93. The highest BCUT2D eigenvalue weighted by Gasteiger charge is 2.17. The quantitative estimate of drug-likeness (QED) is 0.787. The van der Waals surface area contributed by atoms with Gasteiger partial charge < -0.3 is 15.6 Å². The molecule has 2 N–H and O–H groups in total. The van der Waals surface area contributed by atoms with Crippen LogP contribution in [0.4, 0.5) is 5.69 Å². The molecule has 2 aromatic rings. The molecule has 5 heteroatoms. The molecule has 3 rings (SSSR count). The van der Waals surface area contributed by atoms with Crippen LogP contribution in [0, 0.1) is 0 Å². The lowest BCUT2D eigenvalue weighted by Crippen LogP contribution is -2.21. The fraction of sp³-hybridized carbons (Fsp3) is 0.273. The number of hydrogen-bond donors (Lipinski definition) is 1. The molecule has 0 saturated heterocycles. The molecule has 0 aromatic carbocycles. The number of rotatable bonds is 1. The van der Waals surface area contributed by atoms with Gasteiger partial charge >= 0.3 is 0 Å². The standard InChI is InChI=1S/C11H10N2O2S/c12-8-6-4-5-2-1-3-7(5)13-10(6)16-9(8)11(14)15/h4H,1-3,12H2,(H,14,15)/p-1. The Labute approximate surface area is 95.7 Å². The molecule has 0 aliphatic heterocycles. The smallest absolute Gasteiger partial charge is 0.126 e. The van der Waals surface area contributed by atoms with Crippen molar-refractivity contribution in [2.75, 3.05) is 5.73 Å². The molecule has 1 aliphatic carbocycles. The minimum absolute atomic E-state index is 0.0890. The third kappa shape index (κ3) is 1.21. The zero-order valence-corrected chi connectivity index (χ0v) is 9.26. The topological polar surface area (TPSA) is 79.0 Å². The zero-order chi connectivity index (χ0) is 11.3. The van der Waals surface area contributed by atoms with Crippen LogP contribution < -0.4 is 10.8 Å². The Morgan fingerprint density at radius 2 is 2.31 bits per heavy atom. The van der Waals surface area contributed by atoms with E-state index in [0.29, 0.717) is 10.5 Å². The Hall–Kier alpha value is -1.62. The van der Waals surface area contributed by atoms with E-state index in [1.165, 1.54) is 5.56 Å². The fourth-order valence-electron chi connectivity index (χ4n) is 2.15. The van der Waals surface area contributed by atoms with Crippen LogP contribution in [0.5, 0.6) is 0 Å². The van der Waals surface area contributed by atoms with Crippen molar-refractivity contribution in [1.29, 1.82) is 0 Å². The number of carbonyl (C=O) groups is 1. The molecule has 2 heterocycles. The van der Waals surface area contributed by atoms with Crippen LogP contribution in [0.2, 0.25) is 0 Å². The molecule has 1 aliphatic rings. The normalized spacial score (nSPS) is 14.2. The lowest BCUT2D eigenvalue weighted by Gasteiger charge is -1.99. The molecule has 0 bridgehead atoms. The number of nitrogens with zero attached hydrogens (tertiary/aromatic N) is 1. The van der Waals surface area contributed by atoms with Crippen molar-refractivity contribution in [2.24, 2.45) is 0 Å². The summed E-state index contributed by atoms with van der Waals surface area (Å²) >= 11 is 1.10. The van der Waals surface area contributed by atoms with Crippen LogP contribution in [-0.2, 0) is 12.8 Å². The summed E-state index contributed by atoms with van der Waals surface area (Å²) < 4.78 is 0. The number of carboxylic acids is 1. The Balaban J connectivity index is 2.32. The highest BCUT2D eigenvalue weighted by molar-refractivity contribution is 7.21. The second kappa shape index (κ2) is 3.18. The van der Waals surface area contributed by atoms with Crippen molar-refractivity contribution in [3.8, 4) is 0 Å². The summed E-state index contributed by atoms with van der Waals surface area (Å²) in [7, 11) is 0. The SMILES string of the molecule is Nc1c(C(=O)[O-])sc2nc3c(cc12)CCC3. The molecule has 0 atom stereocenters. The van der Waals surface area contributed by atoms with Gasteiger partial charge in [-0.25, -0.2) is 4.98 Å². The molecule has 16 heavy (non-hydrogen) atoms. The van der Waals surface area contributed by atoms with Crippen LogP contribution >= 0.6 is 11.3 Å². The van der Waals surface area contributed by atoms with E-state index in [-0.39, 0.29) is 4.88 Å². The number of aromatic carboxylic acids is 1. The van der Waals surface area contributed by atoms with Crippen LogP contribution in [0.15, 0.2) is 6.07 Å². The summed E-state index contributed by atoms with van der Waals surface area (Å²) in [6, 6.07) is 1.98. The van der Waals surface area contributed by atoms with E-state index in [1.807, 2.05) is 6.07 Å². The van der Waals surface area contributed by atoms with Crippen molar-refractivity contribution in [1.82, 2.24) is 4.98 Å². The van der Waals surface area contributed by atoms with Crippen LogP contribution in [-0.4, -0.2) is 11.0 Å². The van der Waals surface area contributed by atoms with Gasteiger partial charge in [0.05, 0.1) is 16.5 Å². The molecule has 2 aromatic heterocycles. The summed E-state index contributed by atoms with van der Waals surface area (Å²) in [6.45, 7) is 0. The van der Waals surface area contributed by atoms with E-state index in [4.69, 9.17) is 5.73 Å². The first kappa shape index (κ1) is 9.59. The summed E-state index contributed by atoms with van der Waals surface area (Å²) in [5.74, 6) is -1.22. The highest BCUT2D eigenvalue weighted by atomic mass is 32.1. The predicted molar refractivity (Wildman–Crippen MR) is 60.4 cm³/mol. The Morgan fingerprint density at radius 3 is 3.06 bits per heavy atom. The van der Waals surface area contributed by atoms with Crippen LogP contribution in [0.1, 0.15) is 27.3 Å². The van der Waals surface area contributed by atoms with Gasteiger partial charge in [-0.1, -0.05) is 0 Å². The number of anilines is 1. The molecule has 0 fully saturated rings. The van der Waals surface area contributed by atoms with Gasteiger partial charge in [-0.3, -0.25) is 0 Å². The van der Waals surface area contributed by atoms with Gasteiger partial charge in [-0.05, 0) is 30.9 Å². The Bertz CT molecular complexity index is 604. The van der Waals surface area contributed by atoms with Gasteiger partial charge in [-0.15, -0.1) is 11.3 Å². The van der Waals surface area contributed by atoms with Crippen LogP contribution in [0.3, 0.4) is 0 Å². The zero-order valence-electron chi connectivity index (χ0n) is 8.45. The number of hydrogen-bond acceptors (Lipinski definition) is 5. The van der Waals surface area contributed by atoms with E-state index in [9.17, 15) is 9.90 Å². The maximum absolute atomic E-state index is 10.8. The van der Waals surface area contributed by atoms with E-state index in [2.05, 4.69) is 4.98 Å². The molecular weight excluding hydrogens is 224 g/mol. The van der Waals surface area contributed by atoms with Gasteiger partial charge in [-0.2, -0.15) is 0 Å². The van der Waals surface area contributed by atoms with Crippen molar-refractivity contribution in [2.45, 2.75) is 19.3 Å². The predicted octanol–water partition coefficient (Wildman–Crippen LogP) is 0.731. The van der Waals surface area contributed by atoms with Gasteiger partial charge in [0.2, 0.25) is 0 Å². The molecular formula is C11H9N2O2S-. The molecule has 0 spiro atoms. The van der Waals surface area contributed by atoms with Gasteiger partial charge in [0.1, 0.15) is 4.83 Å². The number of nitrogens with two attached hydrogens (primary N) is 1. The third-order valence-corrected chi connectivity index (χ3v) is 4.03. The summed E-state index contributed by atoms with van der Waals surface area (Å²) in [5, 5.41) is 11.6. The maximum atomic E-state index is 10.8. The number of thiophene rings is 1. The fourth-order valence-corrected chi connectivity index (χ4v) is 3.08. The molecule has 4 nitrogen and oxygen atoms in total. The summed E-state index contributed by atoms with van der Waals surface area (Å²) in [4.78, 5) is 16.1. The minimum Gasteiger partial charge on any atom is -0.544 e. The van der Waals surface area contributed by atoms with E-state index in [0.717, 1.165) is 41.7 Å². The third-order valence-electron chi connectivity index (χ3n) is 2.93. The largest absolute Gasteiger partial charge is 0.544 e. The van der Waals surface area contributed by atoms with Crippen LogP contribution in [0.25, 0.3) is 10.2 Å². The number of fused-ring (bicyclic) bond motifs is 2. The van der Waals surface area contributed by atoms with Gasteiger partial charge in [0.15, 0.2) is 0 Å². The molecule has 0 radical (unpaired) electrons. The average Bonchev–Trinajstić information content (AvgIpc) is 2.80. The number of aromatic nitrogens is 1. The summed E-state index contributed by atoms with van der Waals surface area (Å²) in [6.07, 6.45) is 3.10. The van der Waals surface area contributed by atoms with Crippen molar-refractivity contribution >= 4 is 33.2 Å². The molecule has 0 saturated carbocycles. The molecule has 0 amide bonds. The Morgan fingerprint density at radius 1 is 1.50 bits per heavy atom. The van der Waals surface area contributed by atoms with Crippen molar-refractivity contribution in [3.05, 3.63) is 22.2 Å². The summed E-state index contributed by atoms with van der Waals surface area (Å²) in [5.41, 5.74) is 8.36. The molecule has 0 unspecified atom stereocenters. The van der Waals surface area contributed by atoms with E-state index in [1.54, 1.807) is 0 Å². The van der Waals surface area contributed by atoms with Crippen molar-refractivity contribution in [3.63, 3.8) is 0 Å². The number of aryl methyl sites for hydroxylation is 2. The number of carboxylic acid groups (broad SMARTS) is 1. The van der Waals surface area contributed by atoms with Gasteiger partial charge in [0, 0.05) is 11.1 Å². The van der Waals surface area contributed by atoms with Gasteiger partial charge in [0.25, 0.3) is 0 Å². The van der Waals surface area contributed by atoms with Crippen molar-refractivity contribution < 1.29 is 9.90 Å². The highest BCUT2D eigenvalue weighted by Crippen LogP contribution is 2.35. The maximum Gasteiger partial charge on any atom is 0.126 e. The minimum atomic E-state index is -1.22. The first-order chi connectivity index (χ1) is 7.66. The lowest BCUT2D eigenvalue weighted by molar-refractivity contribution is -0.254. The number of pyridine rings is 1. The first-order valence-electron chi connectivity index (χ1n) is 5.09. The lowest BCUT2D eigenvalue weighted by atomic mass is 10.1. The average molecular weight is 233 g/mol. The monoisotopic (exact) mass is 233 g/mol. The second-order valence-electron chi connectivity index (χ2n) is 3.93. The Kier molecular flexibility index (Phi) is 1.91. The van der Waals surface area contributed by atoms with E-state index >= 15 is 0 Å². The number of carbonyl (C=O) groups excluding carboxylic acids is 1. The number of nitrogen functional groups attached to an aromatic ring is 1.